The van der Waals surface area contributed by atoms with Gasteiger partial charge in [-0.05, 0) is 6.42 Å². The second-order valence-electron chi connectivity index (χ2n) is 7.49. The van der Waals surface area contributed by atoms with Crippen LogP contribution >= 0.6 is 0 Å². The third-order valence-electron chi connectivity index (χ3n) is 4.98. The van der Waals surface area contributed by atoms with Gasteiger partial charge in [0.05, 0.1) is 0 Å². The van der Waals surface area contributed by atoms with E-state index in [0.717, 1.165) is 12.8 Å². The summed E-state index contributed by atoms with van der Waals surface area (Å²) in [6.45, 7) is 2.28. The van der Waals surface area contributed by atoms with E-state index < -0.39 is 5.97 Å². The second-order valence-corrected chi connectivity index (χ2v) is 7.49. The minimum Gasteiger partial charge on any atom is -0.481 e. The number of aliphatic carboxylic acids is 1. The summed E-state index contributed by atoms with van der Waals surface area (Å²) in [6.07, 6.45) is 26.1. The van der Waals surface area contributed by atoms with Crippen molar-refractivity contribution in [2.75, 3.05) is 0 Å². The normalized spacial score (nSPS) is 11.5. The first-order chi connectivity index (χ1) is 12.3. The van der Waals surface area contributed by atoms with Gasteiger partial charge >= 0.3 is 5.97 Å². The van der Waals surface area contributed by atoms with Crippen LogP contribution in [0.2, 0.25) is 0 Å². The van der Waals surface area contributed by atoms with E-state index in [0.29, 0.717) is 6.42 Å². The summed E-state index contributed by atoms with van der Waals surface area (Å²) in [5, 5.41) is 3.90. The van der Waals surface area contributed by atoms with Gasteiger partial charge in [0.15, 0.2) is 0 Å². The molecular weight excluding hydrogens is 296 g/mol. The number of carbonyl (C=O) groups is 1. The molecule has 0 aromatic carbocycles. The summed E-state index contributed by atoms with van der Waals surface area (Å²) < 4.78 is 6.47. The van der Waals surface area contributed by atoms with Crippen LogP contribution in [0.3, 0.4) is 0 Å². The van der Waals surface area contributed by atoms with Gasteiger partial charge in [0.1, 0.15) is 0 Å². The molecule has 0 unspecified atom stereocenters. The summed E-state index contributed by atoms with van der Waals surface area (Å²) in [4.78, 5) is 10.8. The van der Waals surface area contributed by atoms with Gasteiger partial charge in [-0.15, -0.1) is 0 Å². The molecule has 0 saturated heterocycles. The highest BCUT2D eigenvalue weighted by Gasteiger charge is 1.97. The fourth-order valence-corrected chi connectivity index (χ4v) is 3.35. The van der Waals surface area contributed by atoms with Crippen molar-refractivity contribution in [2.45, 2.75) is 135 Å². The Kier molecular flexibility index (Phi) is 18.4. The zero-order chi connectivity index (χ0) is 18.4. The van der Waals surface area contributed by atoms with Crippen LogP contribution in [0.15, 0.2) is 0 Å². The quantitative estimate of drug-likeness (QED) is 0.228. The van der Waals surface area contributed by atoms with E-state index in [2.05, 4.69) is 12.0 Å². The number of carboxylic acid groups (broad SMARTS) is 1. The van der Waals surface area contributed by atoms with Crippen molar-refractivity contribution in [2.24, 2.45) is 0 Å². The molecule has 2 nitrogen and oxygen atoms in total. The van der Waals surface area contributed by atoms with Gasteiger partial charge in [0.2, 0.25) is 0 Å². The number of hydrogen-bond acceptors (Lipinski definition) is 2. The Bertz CT molecular complexity index is 269. The highest BCUT2D eigenvalue weighted by molar-refractivity contribution is 5.66. The van der Waals surface area contributed by atoms with Crippen LogP contribution < -0.4 is 0 Å². The summed E-state index contributed by atoms with van der Waals surface area (Å²) in [5.74, 6) is -0.396. The van der Waals surface area contributed by atoms with Crippen LogP contribution in [-0.2, 0) is 4.79 Å². The maximum Gasteiger partial charge on any atom is 0.303 e. The molecule has 0 fully saturated rings. The summed E-state index contributed by atoms with van der Waals surface area (Å²) in [7, 11) is 0. The number of carboxylic acids is 1. The van der Waals surface area contributed by atoms with Gasteiger partial charge in [-0.2, -0.15) is 0 Å². The van der Waals surface area contributed by atoms with E-state index in [1.165, 1.54) is 109 Å². The molecule has 2 heteroatoms. The van der Waals surface area contributed by atoms with Crippen LogP contribution in [-0.4, -0.2) is 11.1 Å². The largest absolute Gasteiger partial charge is 0.481 e. The Morgan fingerprint density at radius 3 is 1.17 bits per heavy atom. The van der Waals surface area contributed by atoms with Crippen LogP contribution in [0.25, 0.3) is 1.43 Å². The number of unbranched alkanes of at least 4 members (excludes halogenated alkanes) is 18. The Morgan fingerprint density at radius 1 is 0.583 bits per heavy atom. The molecule has 144 valence electrons. The molecule has 0 radical (unpaired) electrons. The first kappa shape index (κ1) is 21.5. The molecule has 0 aliphatic rings. The molecule has 0 aliphatic heterocycles. The van der Waals surface area contributed by atoms with Gasteiger partial charge in [-0.3, -0.25) is 4.79 Å². The molecule has 0 amide bonds. The third-order valence-corrected chi connectivity index (χ3v) is 4.98. The lowest BCUT2D eigenvalue weighted by molar-refractivity contribution is -0.137. The average Bonchev–Trinajstić information content (AvgIpc) is 2.63. The predicted octanol–water partition coefficient (Wildman–Crippen LogP) is 7.89. The zero-order valence-electron chi connectivity index (χ0n) is 17.5. The summed E-state index contributed by atoms with van der Waals surface area (Å²) >= 11 is 0. The highest BCUT2D eigenvalue weighted by atomic mass is 16.4. The predicted molar refractivity (Wildman–Crippen MR) is 106 cm³/mol. The second kappa shape index (κ2) is 20.5. The molecule has 0 spiro atoms. The standard InChI is InChI=1S/C22H44O2/c1-2-3-4-5-6-7-8-9-10-11-12-13-14-15-16-17-18-19-20-21-22(23)24/h2-21H2,1H3,(H,23,24)/i/hD. The smallest absolute Gasteiger partial charge is 0.303 e. The Labute approximate surface area is 153 Å². The maximum atomic E-state index is 10.8. The molecule has 0 aromatic rings. The fourth-order valence-electron chi connectivity index (χ4n) is 3.35. The van der Waals surface area contributed by atoms with Crippen LogP contribution in [0.1, 0.15) is 135 Å². The van der Waals surface area contributed by atoms with Gasteiger partial charge in [0, 0.05) is 6.42 Å². The van der Waals surface area contributed by atoms with E-state index >= 15 is 0 Å². The molecule has 0 aliphatic carbocycles. The minimum atomic E-state index is -0.396. The van der Waals surface area contributed by atoms with Crippen LogP contribution in [0.4, 0.5) is 0 Å². The van der Waals surface area contributed by atoms with Crippen molar-refractivity contribution >= 4 is 5.97 Å². The third kappa shape index (κ3) is 21.5. The topological polar surface area (TPSA) is 37.3 Å². The Hall–Kier alpha value is -0.530. The zero-order valence-corrected chi connectivity index (χ0v) is 16.5. The molecule has 0 aromatic heterocycles. The van der Waals surface area contributed by atoms with Crippen molar-refractivity contribution < 1.29 is 9.90 Å². The molecule has 1 N–H and O–H groups in total. The van der Waals surface area contributed by atoms with Gasteiger partial charge in [-0.25, -0.2) is 0 Å². The van der Waals surface area contributed by atoms with Gasteiger partial charge in [0.25, 0.3) is 1.43 Å². The molecule has 0 heterocycles. The number of rotatable bonds is 20. The summed E-state index contributed by atoms with van der Waals surface area (Å²) in [5.41, 5.74) is 0. The first-order valence-corrected chi connectivity index (χ1v) is 11.0. The highest BCUT2D eigenvalue weighted by Crippen LogP contribution is 2.14. The molecular formula is C22H44O2. The average molecular weight is 342 g/mol. The molecule has 0 bridgehead atoms. The molecule has 0 rings (SSSR count). The SMILES string of the molecule is [2H]OC(=O)CCCCCCCCCCCCCCCCCCCCC. The molecule has 0 atom stereocenters. The molecule has 0 saturated carbocycles. The lowest BCUT2D eigenvalue weighted by Gasteiger charge is -2.03. The van der Waals surface area contributed by atoms with E-state index in [-0.39, 0.29) is 0 Å². The lowest BCUT2D eigenvalue weighted by atomic mass is 10.0. The lowest BCUT2D eigenvalue weighted by Crippen LogP contribution is -1.93. The number of hydrogen-bond donors (Lipinski definition) is 1. The van der Waals surface area contributed by atoms with Gasteiger partial charge in [-0.1, -0.05) is 122 Å². The van der Waals surface area contributed by atoms with E-state index in [9.17, 15) is 4.79 Å². The van der Waals surface area contributed by atoms with Crippen molar-refractivity contribution in [1.82, 2.24) is 0 Å². The summed E-state index contributed by atoms with van der Waals surface area (Å²) in [6, 6.07) is 0. The van der Waals surface area contributed by atoms with E-state index in [1.807, 2.05) is 0 Å². The van der Waals surface area contributed by atoms with Crippen LogP contribution in [0.5, 0.6) is 0 Å². The minimum absolute atomic E-state index is 0.396. The van der Waals surface area contributed by atoms with Gasteiger partial charge < -0.3 is 5.11 Å². The monoisotopic (exact) mass is 341 g/mol. The fraction of sp³-hybridized carbons (Fsp3) is 0.955. The van der Waals surface area contributed by atoms with Crippen molar-refractivity contribution in [1.29, 1.82) is 1.43 Å². The molecule has 24 heavy (non-hydrogen) atoms. The Balaban J connectivity index is 2.99. The van der Waals surface area contributed by atoms with Crippen LogP contribution in [0, 0.1) is 0 Å². The van der Waals surface area contributed by atoms with E-state index in [1.54, 1.807) is 0 Å². The van der Waals surface area contributed by atoms with Crippen molar-refractivity contribution in [3.05, 3.63) is 0 Å². The van der Waals surface area contributed by atoms with E-state index in [4.69, 9.17) is 1.43 Å². The van der Waals surface area contributed by atoms with Crippen molar-refractivity contribution in [3.8, 4) is 0 Å². The first-order valence-electron chi connectivity index (χ1n) is 11.4. The van der Waals surface area contributed by atoms with Crippen molar-refractivity contribution in [3.63, 3.8) is 0 Å². The maximum absolute atomic E-state index is 10.8. The Morgan fingerprint density at radius 2 is 0.875 bits per heavy atom.